The van der Waals surface area contributed by atoms with Crippen LogP contribution in [0, 0.1) is 0 Å². The Morgan fingerprint density at radius 1 is 1.42 bits per heavy atom. The first-order chi connectivity index (χ1) is 5.61. The number of rotatable bonds is 0. The summed E-state index contributed by atoms with van der Waals surface area (Å²) < 4.78 is 26.0. The smallest absolute Gasteiger partial charge is 0.253 e. The molecule has 0 atom stereocenters. The van der Waals surface area contributed by atoms with Crippen molar-refractivity contribution in [3.8, 4) is 0 Å². The molecule has 0 bridgehead atoms. The number of pyridine rings is 1. The average molecular weight is 182 g/mol. The molecule has 0 amide bonds. The fourth-order valence-corrected chi connectivity index (χ4v) is 2.38. The lowest BCUT2D eigenvalue weighted by Gasteiger charge is -1.93. The molecule has 5 heteroatoms. The number of sulfonamides is 1. The fourth-order valence-electron chi connectivity index (χ4n) is 1.14. The molecule has 0 radical (unpaired) electrons. The Balaban J connectivity index is 2.86. The molecule has 0 saturated carbocycles. The SMILES string of the molecule is CC1=NS(=O)(=O)c2cccnc21. The van der Waals surface area contributed by atoms with Crippen LogP contribution < -0.4 is 0 Å². The van der Waals surface area contributed by atoms with Gasteiger partial charge in [0.15, 0.2) is 0 Å². The van der Waals surface area contributed by atoms with E-state index in [1.165, 1.54) is 6.07 Å². The molecule has 2 rings (SSSR count). The van der Waals surface area contributed by atoms with Crippen LogP contribution >= 0.6 is 0 Å². The molecule has 0 aliphatic carbocycles. The highest BCUT2D eigenvalue weighted by molar-refractivity contribution is 7.90. The monoisotopic (exact) mass is 182 g/mol. The van der Waals surface area contributed by atoms with Gasteiger partial charge in [0.1, 0.15) is 10.6 Å². The predicted octanol–water partition coefficient (Wildman–Crippen LogP) is 0.593. The van der Waals surface area contributed by atoms with Gasteiger partial charge in [-0.3, -0.25) is 4.98 Å². The van der Waals surface area contributed by atoms with E-state index in [1.807, 2.05) is 0 Å². The molecular formula is C7H6N2O2S. The summed E-state index contributed by atoms with van der Waals surface area (Å²) in [6.45, 7) is 1.64. The molecule has 2 heterocycles. The summed E-state index contributed by atoms with van der Waals surface area (Å²) in [6, 6.07) is 3.10. The number of aromatic nitrogens is 1. The van der Waals surface area contributed by atoms with Crippen LogP contribution in [0.4, 0.5) is 0 Å². The van der Waals surface area contributed by atoms with Gasteiger partial charge < -0.3 is 0 Å². The lowest BCUT2D eigenvalue weighted by molar-refractivity contribution is 0.599. The van der Waals surface area contributed by atoms with Crippen molar-refractivity contribution in [2.75, 3.05) is 0 Å². The quantitative estimate of drug-likeness (QED) is 0.590. The van der Waals surface area contributed by atoms with Gasteiger partial charge in [0.2, 0.25) is 0 Å². The highest BCUT2D eigenvalue weighted by atomic mass is 32.2. The van der Waals surface area contributed by atoms with Gasteiger partial charge in [-0.2, -0.15) is 12.8 Å². The van der Waals surface area contributed by atoms with E-state index in [0.717, 1.165) is 0 Å². The maximum Gasteiger partial charge on any atom is 0.284 e. The second kappa shape index (κ2) is 2.13. The molecular weight excluding hydrogens is 176 g/mol. The second-order valence-electron chi connectivity index (χ2n) is 2.50. The molecule has 1 aromatic heterocycles. The van der Waals surface area contributed by atoms with E-state index in [9.17, 15) is 8.42 Å². The van der Waals surface area contributed by atoms with E-state index in [2.05, 4.69) is 9.38 Å². The lowest BCUT2D eigenvalue weighted by atomic mass is 10.3. The van der Waals surface area contributed by atoms with E-state index >= 15 is 0 Å². The van der Waals surface area contributed by atoms with Gasteiger partial charge in [0.25, 0.3) is 10.0 Å². The first-order valence-corrected chi connectivity index (χ1v) is 4.82. The highest BCUT2D eigenvalue weighted by Crippen LogP contribution is 2.23. The molecule has 1 aromatic rings. The molecule has 1 aliphatic heterocycles. The molecule has 0 unspecified atom stereocenters. The van der Waals surface area contributed by atoms with Crippen molar-refractivity contribution in [1.82, 2.24) is 4.98 Å². The molecule has 0 spiro atoms. The standard InChI is InChI=1S/C7H6N2O2S/c1-5-7-6(3-2-4-8-7)12(10,11)9-5/h2-4H,1H3. The Bertz CT molecular complexity index is 462. The Kier molecular flexibility index (Phi) is 1.32. The van der Waals surface area contributed by atoms with Gasteiger partial charge >= 0.3 is 0 Å². The fraction of sp³-hybridized carbons (Fsp3) is 0.143. The Hall–Kier alpha value is -1.23. The van der Waals surface area contributed by atoms with Crippen LogP contribution in [-0.4, -0.2) is 19.1 Å². The maximum atomic E-state index is 11.2. The molecule has 0 saturated heterocycles. The van der Waals surface area contributed by atoms with E-state index in [0.29, 0.717) is 11.4 Å². The molecule has 62 valence electrons. The van der Waals surface area contributed by atoms with Crippen LogP contribution in [0.1, 0.15) is 12.6 Å². The predicted molar refractivity (Wildman–Crippen MR) is 43.6 cm³/mol. The molecule has 12 heavy (non-hydrogen) atoms. The summed E-state index contributed by atoms with van der Waals surface area (Å²) in [5, 5.41) is 0. The second-order valence-corrected chi connectivity index (χ2v) is 4.07. The highest BCUT2D eigenvalue weighted by Gasteiger charge is 2.26. The number of fused-ring (bicyclic) bond motifs is 1. The minimum absolute atomic E-state index is 0.211. The largest absolute Gasteiger partial charge is 0.284 e. The summed E-state index contributed by atoms with van der Waals surface area (Å²) in [4.78, 5) is 4.14. The molecule has 0 N–H and O–H groups in total. The van der Waals surface area contributed by atoms with Crippen molar-refractivity contribution >= 4 is 15.7 Å². The third kappa shape index (κ3) is 0.863. The van der Waals surface area contributed by atoms with Crippen molar-refractivity contribution < 1.29 is 8.42 Å². The lowest BCUT2D eigenvalue weighted by Crippen LogP contribution is -1.96. The minimum atomic E-state index is -3.43. The van der Waals surface area contributed by atoms with E-state index in [1.54, 1.807) is 19.2 Å². The number of hydrogen-bond donors (Lipinski definition) is 0. The van der Waals surface area contributed by atoms with Crippen molar-refractivity contribution in [3.63, 3.8) is 0 Å². The first-order valence-electron chi connectivity index (χ1n) is 3.38. The van der Waals surface area contributed by atoms with Gasteiger partial charge in [-0.15, -0.1) is 0 Å². The van der Waals surface area contributed by atoms with Crippen LogP contribution in [0.3, 0.4) is 0 Å². The summed E-state index contributed by atoms with van der Waals surface area (Å²) in [6.07, 6.45) is 1.55. The van der Waals surface area contributed by atoms with Crippen molar-refractivity contribution in [2.24, 2.45) is 4.40 Å². The van der Waals surface area contributed by atoms with Gasteiger partial charge in [-0.1, -0.05) is 0 Å². The van der Waals surface area contributed by atoms with Crippen molar-refractivity contribution in [3.05, 3.63) is 24.0 Å². The minimum Gasteiger partial charge on any atom is -0.253 e. The van der Waals surface area contributed by atoms with E-state index < -0.39 is 10.0 Å². The summed E-state index contributed by atoms with van der Waals surface area (Å²) >= 11 is 0. The van der Waals surface area contributed by atoms with Gasteiger partial charge in [0, 0.05) is 6.20 Å². The summed E-state index contributed by atoms with van der Waals surface area (Å²) in [5.74, 6) is 0. The summed E-state index contributed by atoms with van der Waals surface area (Å²) in [5.41, 5.74) is 0.933. The number of nitrogens with zero attached hydrogens (tertiary/aromatic N) is 2. The van der Waals surface area contributed by atoms with Crippen molar-refractivity contribution in [2.45, 2.75) is 11.8 Å². The maximum absolute atomic E-state index is 11.2. The van der Waals surface area contributed by atoms with Gasteiger partial charge in [-0.25, -0.2) is 0 Å². The number of hydrogen-bond acceptors (Lipinski definition) is 3. The van der Waals surface area contributed by atoms with Crippen LogP contribution in [0.15, 0.2) is 27.6 Å². The average Bonchev–Trinajstić information content (AvgIpc) is 2.25. The van der Waals surface area contributed by atoms with E-state index in [4.69, 9.17) is 0 Å². The molecule has 0 fully saturated rings. The third-order valence-electron chi connectivity index (χ3n) is 1.65. The first kappa shape index (κ1) is 7.42. The van der Waals surface area contributed by atoms with Crippen molar-refractivity contribution in [1.29, 1.82) is 0 Å². The Labute approximate surface area is 70.0 Å². The zero-order valence-electron chi connectivity index (χ0n) is 6.35. The zero-order valence-corrected chi connectivity index (χ0v) is 7.17. The molecule has 0 aromatic carbocycles. The summed E-state index contributed by atoms with van der Waals surface area (Å²) in [7, 11) is -3.43. The van der Waals surface area contributed by atoms with E-state index in [-0.39, 0.29) is 4.90 Å². The Morgan fingerprint density at radius 3 is 2.83 bits per heavy atom. The molecule has 1 aliphatic rings. The van der Waals surface area contributed by atoms with Crippen LogP contribution in [0.2, 0.25) is 0 Å². The normalized spacial score (nSPS) is 18.6. The molecule has 4 nitrogen and oxygen atoms in total. The third-order valence-corrected chi connectivity index (χ3v) is 3.05. The topological polar surface area (TPSA) is 59.4 Å². The van der Waals surface area contributed by atoms with Gasteiger partial charge in [0.05, 0.1) is 5.71 Å². The zero-order chi connectivity index (χ0) is 8.77. The van der Waals surface area contributed by atoms with Crippen LogP contribution in [-0.2, 0) is 10.0 Å². The van der Waals surface area contributed by atoms with Crippen LogP contribution in [0.5, 0.6) is 0 Å². The van der Waals surface area contributed by atoms with Crippen LogP contribution in [0.25, 0.3) is 0 Å². The van der Waals surface area contributed by atoms with Gasteiger partial charge in [-0.05, 0) is 19.1 Å². The Morgan fingerprint density at radius 2 is 2.17 bits per heavy atom.